The second-order valence-electron chi connectivity index (χ2n) is 5.47. The normalized spacial score (nSPS) is 18.1. The van der Waals surface area contributed by atoms with E-state index in [4.69, 9.17) is 13.6 Å². The molecular weight excluding hydrogens is 256 g/mol. The van der Waals surface area contributed by atoms with Crippen molar-refractivity contribution in [3.63, 3.8) is 0 Å². The highest BCUT2D eigenvalue weighted by Gasteiger charge is 2.49. The van der Waals surface area contributed by atoms with Gasteiger partial charge in [0, 0.05) is 24.7 Å². The van der Waals surface area contributed by atoms with Crippen molar-refractivity contribution in [1.29, 1.82) is 0 Å². The number of rotatable bonds is 7. The first-order chi connectivity index (χ1) is 9.14. The molecule has 0 N–H and O–H groups in total. The molecule has 1 aromatic carbocycles. The Morgan fingerprint density at radius 1 is 1.11 bits per heavy atom. The first kappa shape index (κ1) is 14.7. The van der Waals surface area contributed by atoms with Crippen LogP contribution < -0.4 is 5.19 Å². The summed E-state index contributed by atoms with van der Waals surface area (Å²) in [6, 6.07) is 11.4. The van der Waals surface area contributed by atoms with E-state index in [-0.39, 0.29) is 5.41 Å². The van der Waals surface area contributed by atoms with E-state index in [1.165, 1.54) is 5.19 Å². The van der Waals surface area contributed by atoms with Crippen LogP contribution in [0.15, 0.2) is 30.3 Å². The van der Waals surface area contributed by atoms with Crippen molar-refractivity contribution in [2.45, 2.75) is 26.8 Å². The minimum atomic E-state index is -2.36. The van der Waals surface area contributed by atoms with Crippen molar-refractivity contribution in [2.24, 2.45) is 5.41 Å². The summed E-state index contributed by atoms with van der Waals surface area (Å²) in [5, 5.41) is 1.23. The molecule has 0 atom stereocenters. The Morgan fingerprint density at radius 2 is 1.68 bits per heavy atom. The summed E-state index contributed by atoms with van der Waals surface area (Å²) in [5.74, 6) is 0. The van der Waals surface area contributed by atoms with Crippen molar-refractivity contribution >= 4 is 13.7 Å². The summed E-state index contributed by atoms with van der Waals surface area (Å²) in [5.41, 5.74) is 0.201. The van der Waals surface area contributed by atoms with Gasteiger partial charge in [0.1, 0.15) is 0 Å². The van der Waals surface area contributed by atoms with E-state index >= 15 is 0 Å². The second-order valence-corrected chi connectivity index (χ2v) is 8.48. The largest absolute Gasteiger partial charge is 0.391 e. The van der Waals surface area contributed by atoms with E-state index in [0.29, 0.717) is 13.2 Å². The van der Waals surface area contributed by atoms with Gasteiger partial charge in [0.15, 0.2) is 0 Å². The third-order valence-corrected chi connectivity index (χ3v) is 7.57. The molecule has 19 heavy (non-hydrogen) atoms. The highest BCUT2D eigenvalue weighted by molar-refractivity contribution is 6.81. The lowest BCUT2D eigenvalue weighted by Gasteiger charge is -2.43. The summed E-state index contributed by atoms with van der Waals surface area (Å²) in [7, 11) is -2.36. The lowest BCUT2D eigenvalue weighted by atomic mass is 9.91. The molecule has 106 valence electrons. The van der Waals surface area contributed by atoms with Gasteiger partial charge in [0.05, 0.1) is 13.2 Å². The molecular formula is C15H24O3Si. The molecule has 0 bridgehead atoms. The van der Waals surface area contributed by atoms with Crippen LogP contribution in [0.4, 0.5) is 0 Å². The van der Waals surface area contributed by atoms with Crippen molar-refractivity contribution in [1.82, 2.24) is 0 Å². The van der Waals surface area contributed by atoms with E-state index in [0.717, 1.165) is 19.3 Å². The van der Waals surface area contributed by atoms with Crippen molar-refractivity contribution in [3.8, 4) is 0 Å². The number of ether oxygens (including phenoxy) is 1. The Hall–Kier alpha value is -0.683. The molecule has 1 aliphatic heterocycles. The average molecular weight is 280 g/mol. The van der Waals surface area contributed by atoms with Crippen LogP contribution in [-0.2, 0) is 13.6 Å². The van der Waals surface area contributed by atoms with E-state index in [1.807, 2.05) is 19.9 Å². The van der Waals surface area contributed by atoms with Gasteiger partial charge in [-0.2, -0.15) is 0 Å². The average Bonchev–Trinajstić information content (AvgIpc) is 2.38. The Balaban J connectivity index is 2.29. The molecule has 1 saturated heterocycles. The molecule has 0 aromatic heterocycles. The van der Waals surface area contributed by atoms with E-state index < -0.39 is 8.56 Å². The molecule has 1 aliphatic rings. The Morgan fingerprint density at radius 3 is 2.11 bits per heavy atom. The SMILES string of the molecule is CCO[Si](CC1(C)COC1)(OCC)c1ccccc1. The molecule has 2 rings (SSSR count). The van der Waals surface area contributed by atoms with Crippen LogP contribution >= 0.6 is 0 Å². The van der Waals surface area contributed by atoms with E-state index in [9.17, 15) is 0 Å². The van der Waals surface area contributed by atoms with Gasteiger partial charge in [-0.3, -0.25) is 0 Å². The summed E-state index contributed by atoms with van der Waals surface area (Å²) < 4.78 is 17.8. The van der Waals surface area contributed by atoms with E-state index in [2.05, 4.69) is 31.2 Å². The molecule has 3 nitrogen and oxygen atoms in total. The van der Waals surface area contributed by atoms with Gasteiger partial charge in [-0.25, -0.2) is 0 Å². The predicted molar refractivity (Wildman–Crippen MR) is 78.8 cm³/mol. The standard InChI is InChI=1S/C15H24O3Si/c1-4-17-19(18-5-2,13-15(3)11-16-12-15)14-9-7-6-8-10-14/h6-10H,4-5,11-13H2,1-3H3. The molecule has 0 unspecified atom stereocenters. The molecule has 0 saturated carbocycles. The molecule has 0 amide bonds. The lowest BCUT2D eigenvalue weighted by molar-refractivity contribution is -0.0937. The number of hydrogen-bond acceptors (Lipinski definition) is 3. The number of benzene rings is 1. The first-order valence-electron chi connectivity index (χ1n) is 7.05. The zero-order chi connectivity index (χ0) is 13.8. The maximum Gasteiger partial charge on any atom is 0.373 e. The molecule has 0 radical (unpaired) electrons. The van der Waals surface area contributed by atoms with Gasteiger partial charge in [0.25, 0.3) is 0 Å². The smallest absolute Gasteiger partial charge is 0.373 e. The number of hydrogen-bond donors (Lipinski definition) is 0. The fourth-order valence-electron chi connectivity index (χ4n) is 2.69. The van der Waals surface area contributed by atoms with Gasteiger partial charge in [-0.05, 0) is 19.0 Å². The third-order valence-electron chi connectivity index (χ3n) is 3.53. The molecule has 4 heteroatoms. The van der Waals surface area contributed by atoms with Crippen LogP contribution in [0.5, 0.6) is 0 Å². The topological polar surface area (TPSA) is 27.7 Å². The van der Waals surface area contributed by atoms with Crippen LogP contribution in [0.25, 0.3) is 0 Å². The second kappa shape index (κ2) is 6.18. The lowest BCUT2D eigenvalue weighted by Crippen LogP contribution is -2.59. The maximum absolute atomic E-state index is 6.19. The molecule has 0 spiro atoms. The fourth-order valence-corrected chi connectivity index (χ4v) is 6.47. The van der Waals surface area contributed by atoms with Crippen LogP contribution in [0.2, 0.25) is 6.04 Å². The molecule has 1 heterocycles. The van der Waals surface area contributed by atoms with Gasteiger partial charge in [0.2, 0.25) is 0 Å². The van der Waals surface area contributed by atoms with Crippen LogP contribution in [0.3, 0.4) is 0 Å². The maximum atomic E-state index is 6.19. The quantitative estimate of drug-likeness (QED) is 0.718. The summed E-state index contributed by atoms with van der Waals surface area (Å²) in [4.78, 5) is 0. The third kappa shape index (κ3) is 3.26. The highest BCUT2D eigenvalue weighted by Crippen LogP contribution is 2.36. The van der Waals surface area contributed by atoms with E-state index in [1.54, 1.807) is 0 Å². The summed E-state index contributed by atoms with van der Waals surface area (Å²) >= 11 is 0. The van der Waals surface area contributed by atoms with Gasteiger partial charge in [-0.1, -0.05) is 37.3 Å². The molecule has 0 aliphatic carbocycles. The van der Waals surface area contributed by atoms with Crippen LogP contribution in [0, 0.1) is 5.41 Å². The minimum Gasteiger partial charge on any atom is -0.391 e. The zero-order valence-corrected chi connectivity index (χ0v) is 13.1. The van der Waals surface area contributed by atoms with Crippen molar-refractivity contribution in [2.75, 3.05) is 26.4 Å². The van der Waals surface area contributed by atoms with Gasteiger partial charge in [-0.15, -0.1) is 0 Å². The molecule has 1 fully saturated rings. The van der Waals surface area contributed by atoms with Crippen molar-refractivity contribution < 1.29 is 13.6 Å². The minimum absolute atomic E-state index is 0.201. The van der Waals surface area contributed by atoms with Gasteiger partial charge >= 0.3 is 8.56 Å². The Bertz CT molecular complexity index is 384. The summed E-state index contributed by atoms with van der Waals surface area (Å²) in [6.45, 7) is 9.37. The monoisotopic (exact) mass is 280 g/mol. The van der Waals surface area contributed by atoms with Gasteiger partial charge < -0.3 is 13.6 Å². The highest BCUT2D eigenvalue weighted by atomic mass is 28.4. The van der Waals surface area contributed by atoms with Crippen LogP contribution in [0.1, 0.15) is 20.8 Å². The zero-order valence-electron chi connectivity index (χ0n) is 12.1. The molecule has 1 aromatic rings. The summed E-state index contributed by atoms with van der Waals surface area (Å²) in [6.07, 6.45) is 0. The van der Waals surface area contributed by atoms with Crippen molar-refractivity contribution in [3.05, 3.63) is 30.3 Å². The first-order valence-corrected chi connectivity index (χ1v) is 9.08. The fraction of sp³-hybridized carbons (Fsp3) is 0.600. The van der Waals surface area contributed by atoms with Crippen LogP contribution in [-0.4, -0.2) is 35.0 Å². The Kier molecular flexibility index (Phi) is 4.79. The predicted octanol–water partition coefficient (Wildman–Crippen LogP) is 2.45. The Labute approximate surface area is 117 Å².